The van der Waals surface area contributed by atoms with Crippen LogP contribution in [0.4, 0.5) is 11.5 Å². The van der Waals surface area contributed by atoms with Crippen LogP contribution in [0, 0.1) is 0 Å². The molecule has 0 atom stereocenters. The summed E-state index contributed by atoms with van der Waals surface area (Å²) < 4.78 is 12.7. The van der Waals surface area contributed by atoms with Gasteiger partial charge in [0.25, 0.3) is 0 Å². The summed E-state index contributed by atoms with van der Waals surface area (Å²) in [6.07, 6.45) is 0. The number of methoxy groups -OCH3 is 2. The van der Waals surface area contributed by atoms with Gasteiger partial charge in [-0.2, -0.15) is 0 Å². The molecule has 166 valence electrons. The summed E-state index contributed by atoms with van der Waals surface area (Å²) in [6.45, 7) is 6.96. The first-order valence-electron chi connectivity index (χ1n) is 9.82. The number of nitrogens with zero attached hydrogens (tertiary/aromatic N) is 3. The molecular weight excluding hydrogens is 461 g/mol. The molecule has 31 heavy (non-hydrogen) atoms. The Balaban J connectivity index is 2.20. The minimum absolute atomic E-state index is 0.0511. The van der Waals surface area contributed by atoms with Crippen LogP contribution in [0.2, 0.25) is 0 Å². The Kier molecular flexibility index (Phi) is 6.59. The first-order chi connectivity index (χ1) is 14.5. The van der Waals surface area contributed by atoms with Gasteiger partial charge in [0.05, 0.1) is 0 Å². The van der Waals surface area contributed by atoms with Gasteiger partial charge in [0.15, 0.2) is 0 Å². The number of benzene rings is 1. The number of aromatic nitrogens is 2. The zero-order chi connectivity index (χ0) is 22.9. The zero-order valence-corrected chi connectivity index (χ0v) is 20.7. The van der Waals surface area contributed by atoms with E-state index in [0.717, 1.165) is 10.9 Å². The molecule has 1 aromatic carbocycles. The molecule has 8 nitrogen and oxygen atoms in total. The number of ether oxygens (including phenoxy) is 2. The molecule has 3 aromatic rings. The number of nitrogens with two attached hydrogens (primary N) is 1. The van der Waals surface area contributed by atoms with Crippen molar-refractivity contribution >= 4 is 42.8 Å². The number of carbonyl (C=O) groups is 1. The van der Waals surface area contributed by atoms with Crippen LogP contribution in [0.15, 0.2) is 18.2 Å². The van der Waals surface area contributed by atoms with E-state index >= 15 is 0 Å². The van der Waals surface area contributed by atoms with E-state index in [1.54, 1.807) is 14.2 Å². The van der Waals surface area contributed by atoms with Crippen LogP contribution in [-0.4, -0.2) is 63.6 Å². The van der Waals surface area contributed by atoms with Crippen molar-refractivity contribution in [1.82, 2.24) is 14.9 Å². The van der Waals surface area contributed by atoms with Crippen molar-refractivity contribution in [3.05, 3.63) is 32.9 Å². The maximum absolute atomic E-state index is 12.2. The summed E-state index contributed by atoms with van der Waals surface area (Å²) >= 11 is -0.136. The van der Waals surface area contributed by atoms with Gasteiger partial charge in [-0.3, -0.25) is 0 Å². The van der Waals surface area contributed by atoms with Gasteiger partial charge in [-0.25, -0.2) is 0 Å². The molecule has 0 bridgehead atoms. The normalized spacial score (nSPS) is 11.7. The van der Waals surface area contributed by atoms with Crippen molar-refractivity contribution in [2.75, 3.05) is 33.6 Å². The Hall–Kier alpha value is -2.61. The Labute approximate surface area is 188 Å². The van der Waals surface area contributed by atoms with E-state index in [1.807, 2.05) is 37.2 Å². The SMILES string of the molecule is COc1cc2nc(CN(C)C)nc(Nc3cc(C(C)(C)C)[se]c3C(N)=O)c2cc1OC. The number of anilines is 2. The third kappa shape index (κ3) is 5.01. The molecular formula is C22H29N5O3Se. The third-order valence-corrected chi connectivity index (χ3v) is 7.96. The van der Waals surface area contributed by atoms with Gasteiger partial charge in [-0.05, 0) is 0 Å². The van der Waals surface area contributed by atoms with E-state index in [0.29, 0.717) is 39.8 Å². The van der Waals surface area contributed by atoms with Crippen LogP contribution in [0.1, 0.15) is 40.3 Å². The number of hydrogen-bond donors (Lipinski definition) is 2. The summed E-state index contributed by atoms with van der Waals surface area (Å²) in [6, 6.07) is 5.70. The monoisotopic (exact) mass is 491 g/mol. The molecule has 0 fully saturated rings. The van der Waals surface area contributed by atoms with Gasteiger partial charge < -0.3 is 0 Å². The summed E-state index contributed by atoms with van der Waals surface area (Å²) in [5.74, 6) is 2.00. The van der Waals surface area contributed by atoms with E-state index in [2.05, 4.69) is 26.1 Å². The van der Waals surface area contributed by atoms with Crippen molar-refractivity contribution in [2.45, 2.75) is 32.7 Å². The summed E-state index contributed by atoms with van der Waals surface area (Å²) in [5.41, 5.74) is 7.07. The molecule has 0 radical (unpaired) electrons. The van der Waals surface area contributed by atoms with Crippen molar-refractivity contribution in [3.8, 4) is 11.5 Å². The van der Waals surface area contributed by atoms with Crippen molar-refractivity contribution in [1.29, 1.82) is 0 Å². The van der Waals surface area contributed by atoms with Crippen molar-refractivity contribution in [2.24, 2.45) is 5.73 Å². The van der Waals surface area contributed by atoms with Crippen molar-refractivity contribution in [3.63, 3.8) is 0 Å². The zero-order valence-electron chi connectivity index (χ0n) is 19.0. The Morgan fingerprint density at radius 2 is 1.77 bits per heavy atom. The van der Waals surface area contributed by atoms with Crippen LogP contribution in [0.3, 0.4) is 0 Å². The molecule has 1 amide bonds. The summed E-state index contributed by atoms with van der Waals surface area (Å²) in [4.78, 5) is 23.6. The van der Waals surface area contributed by atoms with Gasteiger partial charge in [0, 0.05) is 0 Å². The number of rotatable bonds is 7. The van der Waals surface area contributed by atoms with Crippen molar-refractivity contribution < 1.29 is 14.3 Å². The molecule has 2 aromatic heterocycles. The number of hydrogen-bond acceptors (Lipinski definition) is 7. The number of primary amides is 1. The molecule has 0 unspecified atom stereocenters. The van der Waals surface area contributed by atoms with Crippen LogP contribution < -0.4 is 20.5 Å². The molecule has 3 rings (SSSR count). The van der Waals surface area contributed by atoms with Gasteiger partial charge in [-0.1, -0.05) is 0 Å². The second-order valence-corrected chi connectivity index (χ2v) is 10.8. The van der Waals surface area contributed by atoms with Crippen LogP contribution >= 0.6 is 0 Å². The van der Waals surface area contributed by atoms with E-state index in [1.165, 1.54) is 4.44 Å². The van der Waals surface area contributed by atoms with Gasteiger partial charge in [0.1, 0.15) is 0 Å². The summed E-state index contributed by atoms with van der Waals surface area (Å²) in [5, 5.41) is 4.14. The van der Waals surface area contributed by atoms with Gasteiger partial charge >= 0.3 is 188 Å². The van der Waals surface area contributed by atoms with E-state index in [9.17, 15) is 4.79 Å². The topological polar surface area (TPSA) is 103 Å². The number of fused-ring (bicyclic) bond motifs is 1. The second-order valence-electron chi connectivity index (χ2n) is 8.54. The fraction of sp³-hybridized carbons (Fsp3) is 0.409. The van der Waals surface area contributed by atoms with E-state index < -0.39 is 5.91 Å². The maximum atomic E-state index is 12.2. The number of nitrogens with one attached hydrogen (secondary N) is 1. The second kappa shape index (κ2) is 8.86. The fourth-order valence-electron chi connectivity index (χ4n) is 3.12. The summed E-state index contributed by atoms with van der Waals surface area (Å²) in [7, 11) is 7.10. The predicted molar refractivity (Wildman–Crippen MR) is 124 cm³/mol. The van der Waals surface area contributed by atoms with Crippen LogP contribution in [-0.2, 0) is 12.0 Å². The van der Waals surface area contributed by atoms with Crippen LogP contribution in [0.25, 0.3) is 10.9 Å². The molecule has 0 spiro atoms. The molecule has 3 N–H and O–H groups in total. The van der Waals surface area contributed by atoms with Gasteiger partial charge in [0.2, 0.25) is 0 Å². The van der Waals surface area contributed by atoms with E-state index in [4.69, 9.17) is 25.2 Å². The molecule has 0 saturated heterocycles. The quantitative estimate of drug-likeness (QED) is 0.491. The Bertz CT molecular complexity index is 1120. The standard InChI is InChI=1S/C22H29N5O3Se/c1-22(2,3)17-10-14(19(31-17)20(23)28)25-21-12-8-15(29-6)16(30-7)9-13(12)24-18(26-21)11-27(4)5/h8-10H,11H2,1-7H3,(H2,23,28)(H,24,25,26). The first-order valence-corrected chi connectivity index (χ1v) is 11.5. The van der Waals surface area contributed by atoms with Crippen LogP contribution in [0.5, 0.6) is 11.5 Å². The Morgan fingerprint density at radius 3 is 2.32 bits per heavy atom. The average molecular weight is 490 g/mol. The average Bonchev–Trinajstić information content (AvgIpc) is 3.11. The van der Waals surface area contributed by atoms with Gasteiger partial charge in [-0.15, -0.1) is 0 Å². The Morgan fingerprint density at radius 1 is 1.13 bits per heavy atom. The third-order valence-electron chi connectivity index (χ3n) is 4.65. The minimum atomic E-state index is -0.413. The number of amides is 1. The molecule has 0 saturated carbocycles. The predicted octanol–water partition coefficient (Wildman–Crippen LogP) is 2.91. The molecule has 2 heterocycles. The molecule has 0 aliphatic heterocycles. The van der Waals surface area contributed by atoms with E-state index in [-0.39, 0.29) is 19.9 Å². The fourth-order valence-corrected chi connectivity index (χ4v) is 5.26. The first kappa shape index (κ1) is 23.1. The molecule has 9 heteroatoms. The number of carbonyl (C=O) groups excluding carboxylic acids is 1. The molecule has 0 aliphatic carbocycles. The molecule has 0 aliphatic rings.